The van der Waals surface area contributed by atoms with Crippen LogP contribution in [0.15, 0.2) is 0 Å². The van der Waals surface area contributed by atoms with E-state index < -0.39 is 5.91 Å². The predicted molar refractivity (Wildman–Crippen MR) is 97.7 cm³/mol. The number of aryl methyl sites for hydroxylation is 1. The number of thiophene rings is 1. The number of fused-ring (bicyclic) bond motifs is 1. The van der Waals surface area contributed by atoms with Crippen molar-refractivity contribution in [1.29, 1.82) is 0 Å². The zero-order valence-electron chi connectivity index (χ0n) is 13.4. The lowest BCUT2D eigenvalue weighted by Gasteiger charge is -2.28. The van der Waals surface area contributed by atoms with Crippen molar-refractivity contribution in [3.63, 3.8) is 0 Å². The summed E-state index contributed by atoms with van der Waals surface area (Å²) >= 11 is 6.74. The van der Waals surface area contributed by atoms with Gasteiger partial charge in [-0.1, -0.05) is 18.6 Å². The smallest absolute Gasteiger partial charge is 0.283 e. The molecule has 2 aliphatic rings. The first-order valence-electron chi connectivity index (χ1n) is 8.20. The van der Waals surface area contributed by atoms with Gasteiger partial charge in [-0.25, -0.2) is 0 Å². The lowest BCUT2D eigenvalue weighted by molar-refractivity contribution is -0.111. The molecule has 1 aromatic heterocycles. The molecule has 24 heavy (non-hydrogen) atoms. The molecule has 1 aliphatic heterocycles. The monoisotopic (exact) mass is 367 g/mol. The van der Waals surface area contributed by atoms with E-state index in [0.29, 0.717) is 36.9 Å². The van der Waals surface area contributed by atoms with Gasteiger partial charge in [0.25, 0.3) is 11.8 Å². The van der Waals surface area contributed by atoms with Gasteiger partial charge in [0.2, 0.25) is 0 Å². The third kappa shape index (κ3) is 3.60. The maximum absolute atomic E-state index is 12.5. The lowest BCUT2D eigenvalue weighted by Crippen LogP contribution is -2.44. The molecule has 0 aromatic carbocycles. The number of amides is 2. The van der Waals surface area contributed by atoms with E-state index in [-0.39, 0.29) is 10.9 Å². The van der Waals surface area contributed by atoms with Crippen LogP contribution in [0, 0.1) is 0 Å². The van der Waals surface area contributed by atoms with Gasteiger partial charge in [-0.2, -0.15) is 0 Å². The van der Waals surface area contributed by atoms with Crippen molar-refractivity contribution in [2.24, 2.45) is 5.73 Å². The molecule has 2 amide bonds. The van der Waals surface area contributed by atoms with Crippen molar-refractivity contribution < 1.29 is 14.3 Å². The summed E-state index contributed by atoms with van der Waals surface area (Å²) < 4.78 is 5.27. The maximum Gasteiger partial charge on any atom is 0.283 e. The second kappa shape index (κ2) is 7.58. The average molecular weight is 367 g/mol. The Morgan fingerprint density at radius 1 is 1.17 bits per heavy atom. The van der Waals surface area contributed by atoms with Gasteiger partial charge in [0.05, 0.1) is 18.8 Å². The van der Waals surface area contributed by atoms with Gasteiger partial charge < -0.3 is 20.7 Å². The number of ether oxygens (including phenoxy) is 1. The summed E-state index contributed by atoms with van der Waals surface area (Å²) in [5, 5.41) is 3.36. The quantitative estimate of drug-likeness (QED) is 0.614. The number of hydrogen-bond acceptors (Lipinski definition) is 5. The number of primary amides is 1. The highest BCUT2D eigenvalue weighted by molar-refractivity contribution is 7.82. The maximum atomic E-state index is 12.5. The summed E-state index contributed by atoms with van der Waals surface area (Å²) in [6.07, 6.45) is 5.08. The summed E-state index contributed by atoms with van der Waals surface area (Å²) in [7, 11) is 0. The van der Waals surface area contributed by atoms with Crippen LogP contribution in [0.1, 0.15) is 40.1 Å². The van der Waals surface area contributed by atoms with E-state index in [1.54, 1.807) is 0 Å². The van der Waals surface area contributed by atoms with Crippen LogP contribution >= 0.6 is 23.6 Å². The number of thiocarbonyl (C=S) groups is 1. The number of rotatable bonds is 2. The highest BCUT2D eigenvalue weighted by atomic mass is 32.1. The Bertz CT molecular complexity index is 666. The van der Waals surface area contributed by atoms with E-state index in [0.717, 1.165) is 42.5 Å². The number of hydrogen-bond donors (Lipinski definition) is 2. The highest BCUT2D eigenvalue weighted by Crippen LogP contribution is 2.37. The summed E-state index contributed by atoms with van der Waals surface area (Å²) in [4.78, 5) is 27.6. The molecule has 0 atom stereocenters. The number of carbonyl (C=O) groups is 2. The zero-order chi connectivity index (χ0) is 17.1. The van der Waals surface area contributed by atoms with Crippen LogP contribution in [0.3, 0.4) is 0 Å². The lowest BCUT2D eigenvalue weighted by atomic mass is 10.1. The molecule has 0 unspecified atom stereocenters. The van der Waals surface area contributed by atoms with Crippen LogP contribution in [-0.4, -0.2) is 48.0 Å². The Morgan fingerprint density at radius 3 is 2.58 bits per heavy atom. The fourth-order valence-corrected chi connectivity index (χ4v) is 4.68. The normalized spacial score (nSPS) is 17.8. The van der Waals surface area contributed by atoms with Crippen molar-refractivity contribution in [2.45, 2.75) is 32.1 Å². The first-order chi connectivity index (χ1) is 11.6. The van der Waals surface area contributed by atoms with E-state index in [9.17, 15) is 9.59 Å². The van der Waals surface area contributed by atoms with Crippen LogP contribution < -0.4 is 11.1 Å². The summed E-state index contributed by atoms with van der Waals surface area (Å²) in [6, 6.07) is 0. The van der Waals surface area contributed by atoms with E-state index in [1.807, 2.05) is 4.90 Å². The van der Waals surface area contributed by atoms with Crippen LogP contribution in [0.5, 0.6) is 0 Å². The second-order valence-electron chi connectivity index (χ2n) is 5.99. The van der Waals surface area contributed by atoms with Gasteiger partial charge in [0.1, 0.15) is 5.00 Å². The van der Waals surface area contributed by atoms with E-state index >= 15 is 0 Å². The van der Waals surface area contributed by atoms with Crippen LogP contribution in [0.2, 0.25) is 0 Å². The van der Waals surface area contributed by atoms with Crippen molar-refractivity contribution in [3.8, 4) is 0 Å². The predicted octanol–water partition coefficient (Wildman–Crippen LogP) is 1.71. The van der Waals surface area contributed by atoms with Gasteiger partial charge in [-0.15, -0.1) is 11.3 Å². The molecule has 1 saturated heterocycles. The number of nitrogens with two attached hydrogens (primary N) is 1. The number of nitrogens with one attached hydrogen (secondary N) is 1. The summed E-state index contributed by atoms with van der Waals surface area (Å²) in [5.74, 6) is -0.840. The van der Waals surface area contributed by atoms with Gasteiger partial charge in [0.15, 0.2) is 4.99 Å². The molecular weight excluding hydrogens is 346 g/mol. The molecule has 1 aromatic rings. The molecule has 3 rings (SSSR count). The molecule has 1 aliphatic carbocycles. The number of anilines is 1. The van der Waals surface area contributed by atoms with E-state index in [1.165, 1.54) is 11.3 Å². The number of nitrogens with zero attached hydrogens (tertiary/aromatic N) is 1. The van der Waals surface area contributed by atoms with Crippen LogP contribution in [0.4, 0.5) is 5.00 Å². The Morgan fingerprint density at radius 2 is 1.88 bits per heavy atom. The zero-order valence-corrected chi connectivity index (χ0v) is 15.1. The van der Waals surface area contributed by atoms with Gasteiger partial charge in [-0.05, 0) is 31.2 Å². The molecule has 8 heteroatoms. The van der Waals surface area contributed by atoms with Crippen molar-refractivity contribution in [2.75, 3.05) is 31.6 Å². The molecule has 2 heterocycles. The van der Waals surface area contributed by atoms with E-state index in [2.05, 4.69) is 5.32 Å². The topological polar surface area (TPSA) is 84.7 Å². The SMILES string of the molecule is NC(=O)c1c(NC(=O)C(=S)N2CCOCC2)sc2c1CCCCC2. The second-order valence-corrected chi connectivity index (χ2v) is 7.48. The fourth-order valence-electron chi connectivity index (χ4n) is 3.16. The minimum Gasteiger partial charge on any atom is -0.378 e. The Kier molecular flexibility index (Phi) is 5.47. The minimum absolute atomic E-state index is 0.234. The standard InChI is InChI=1S/C16H21N3O3S2/c17-13(20)12-10-4-2-1-3-5-11(10)24-15(12)18-14(21)16(23)19-6-8-22-9-7-19/h1-9H2,(H2,17,20)(H,18,21). The third-order valence-electron chi connectivity index (χ3n) is 4.39. The van der Waals surface area contributed by atoms with Crippen LogP contribution in [-0.2, 0) is 22.4 Å². The largest absolute Gasteiger partial charge is 0.378 e. The van der Waals surface area contributed by atoms with Crippen LogP contribution in [0.25, 0.3) is 0 Å². The van der Waals surface area contributed by atoms with Gasteiger partial charge in [-0.3, -0.25) is 9.59 Å². The highest BCUT2D eigenvalue weighted by Gasteiger charge is 2.26. The van der Waals surface area contributed by atoms with Gasteiger partial charge in [0, 0.05) is 18.0 Å². The molecule has 6 nitrogen and oxygen atoms in total. The third-order valence-corrected chi connectivity index (χ3v) is 6.04. The minimum atomic E-state index is -0.484. The molecular formula is C16H21N3O3S2. The number of carbonyl (C=O) groups excluding carboxylic acids is 2. The molecule has 0 spiro atoms. The fraction of sp³-hybridized carbons (Fsp3) is 0.562. The molecule has 3 N–H and O–H groups in total. The number of morpholine rings is 1. The van der Waals surface area contributed by atoms with Gasteiger partial charge >= 0.3 is 0 Å². The molecule has 0 saturated carbocycles. The molecule has 130 valence electrons. The molecule has 1 fully saturated rings. The van der Waals surface area contributed by atoms with Crippen molar-refractivity contribution in [3.05, 3.63) is 16.0 Å². The van der Waals surface area contributed by atoms with E-state index in [4.69, 9.17) is 22.7 Å². The summed E-state index contributed by atoms with van der Waals surface area (Å²) in [5.41, 5.74) is 7.06. The Balaban J connectivity index is 1.80. The Labute approximate surface area is 150 Å². The molecule has 0 bridgehead atoms. The average Bonchev–Trinajstić information content (AvgIpc) is 2.76. The first kappa shape index (κ1) is 17.3. The summed E-state index contributed by atoms with van der Waals surface area (Å²) in [6.45, 7) is 2.34. The van der Waals surface area contributed by atoms with Crippen molar-refractivity contribution in [1.82, 2.24) is 4.90 Å². The first-order valence-corrected chi connectivity index (χ1v) is 9.42. The molecule has 0 radical (unpaired) electrons. The Hall–Kier alpha value is -1.51. The van der Waals surface area contributed by atoms with Crippen molar-refractivity contribution >= 4 is 45.4 Å².